The van der Waals surface area contributed by atoms with Crippen molar-refractivity contribution in [2.45, 2.75) is 25.8 Å². The normalized spacial score (nSPS) is 18.6. The van der Waals surface area contributed by atoms with Crippen molar-refractivity contribution in [1.29, 1.82) is 0 Å². The molecule has 0 spiro atoms. The molecule has 0 aliphatic carbocycles. The molecule has 1 atom stereocenters. The first-order valence-corrected chi connectivity index (χ1v) is 7.43. The Morgan fingerprint density at radius 2 is 2.18 bits per heavy atom. The summed E-state index contributed by atoms with van der Waals surface area (Å²) in [5.41, 5.74) is 1.16. The van der Waals surface area contributed by atoms with Crippen LogP contribution >= 0.6 is 0 Å². The fourth-order valence-corrected chi connectivity index (χ4v) is 2.88. The lowest BCUT2D eigenvalue weighted by Gasteiger charge is -2.17. The molecule has 6 heteroatoms. The van der Waals surface area contributed by atoms with E-state index in [2.05, 4.69) is 21.1 Å². The molecule has 1 saturated heterocycles. The lowest BCUT2D eigenvalue weighted by Crippen LogP contribution is -2.20. The number of hydrogen-bond donors (Lipinski definition) is 0. The minimum atomic E-state index is 0.324. The van der Waals surface area contributed by atoms with Gasteiger partial charge in [0.25, 0.3) is 0 Å². The van der Waals surface area contributed by atoms with E-state index in [4.69, 9.17) is 14.0 Å². The van der Waals surface area contributed by atoms with Crippen molar-refractivity contribution in [2.24, 2.45) is 0 Å². The van der Waals surface area contributed by atoms with E-state index in [1.54, 1.807) is 14.2 Å². The monoisotopic (exact) mass is 303 g/mol. The van der Waals surface area contributed by atoms with Gasteiger partial charge in [0, 0.05) is 24.7 Å². The third-order valence-corrected chi connectivity index (χ3v) is 4.05. The molecule has 2 aromatic rings. The van der Waals surface area contributed by atoms with Gasteiger partial charge in [0.1, 0.15) is 11.5 Å². The molecule has 22 heavy (non-hydrogen) atoms. The fraction of sp³-hybridized carbons (Fsp3) is 0.500. The van der Waals surface area contributed by atoms with E-state index in [9.17, 15) is 0 Å². The summed E-state index contributed by atoms with van der Waals surface area (Å²) in [6.07, 6.45) is 1.04. The topological polar surface area (TPSA) is 60.6 Å². The van der Waals surface area contributed by atoms with Gasteiger partial charge >= 0.3 is 0 Å². The van der Waals surface area contributed by atoms with Crippen LogP contribution in [0.1, 0.15) is 29.6 Å². The molecule has 0 amide bonds. The first kappa shape index (κ1) is 14.8. The van der Waals surface area contributed by atoms with Crippen molar-refractivity contribution < 1.29 is 14.0 Å². The summed E-state index contributed by atoms with van der Waals surface area (Å²) in [5.74, 6) is 3.44. The van der Waals surface area contributed by atoms with Crippen LogP contribution in [-0.4, -0.2) is 42.3 Å². The van der Waals surface area contributed by atoms with Gasteiger partial charge in [-0.2, -0.15) is 4.98 Å². The molecule has 1 aromatic carbocycles. The largest absolute Gasteiger partial charge is 0.497 e. The molecule has 0 bridgehead atoms. The molecule has 1 unspecified atom stereocenters. The van der Waals surface area contributed by atoms with Gasteiger partial charge in [-0.1, -0.05) is 11.2 Å². The van der Waals surface area contributed by atoms with E-state index >= 15 is 0 Å². The summed E-state index contributed by atoms with van der Waals surface area (Å²) in [6, 6.07) is 5.94. The lowest BCUT2D eigenvalue weighted by atomic mass is 10.1. The maximum Gasteiger partial charge on any atom is 0.231 e. The highest BCUT2D eigenvalue weighted by molar-refractivity contribution is 5.40. The van der Waals surface area contributed by atoms with E-state index in [-0.39, 0.29) is 0 Å². The van der Waals surface area contributed by atoms with Gasteiger partial charge in [0.05, 0.1) is 20.1 Å². The third kappa shape index (κ3) is 3.06. The Morgan fingerprint density at radius 3 is 2.86 bits per heavy atom. The standard InChI is InChI=1S/C16H21N3O3/c1-11-17-16(22-18-11)13-6-7-19(10-13)9-12-4-5-14(20-2)8-15(12)21-3/h4-5,8,13H,6-7,9-10H2,1-3H3. The molecule has 0 N–H and O–H groups in total. The minimum Gasteiger partial charge on any atom is -0.497 e. The van der Waals surface area contributed by atoms with Gasteiger partial charge in [-0.15, -0.1) is 0 Å². The van der Waals surface area contributed by atoms with E-state index in [0.717, 1.165) is 49.0 Å². The number of hydrogen-bond acceptors (Lipinski definition) is 6. The molecular formula is C16H21N3O3. The maximum absolute atomic E-state index is 5.47. The van der Waals surface area contributed by atoms with Crippen LogP contribution in [0.15, 0.2) is 22.7 Å². The maximum atomic E-state index is 5.47. The van der Waals surface area contributed by atoms with Crippen LogP contribution in [0, 0.1) is 6.92 Å². The Hall–Kier alpha value is -2.08. The predicted molar refractivity (Wildman–Crippen MR) is 81.2 cm³/mol. The number of aryl methyl sites for hydroxylation is 1. The average molecular weight is 303 g/mol. The van der Waals surface area contributed by atoms with Crippen molar-refractivity contribution in [3.63, 3.8) is 0 Å². The summed E-state index contributed by atoms with van der Waals surface area (Å²) in [5, 5.41) is 3.88. The first-order valence-electron chi connectivity index (χ1n) is 7.43. The second-order valence-corrected chi connectivity index (χ2v) is 5.58. The molecule has 0 saturated carbocycles. The first-order chi connectivity index (χ1) is 10.7. The number of rotatable bonds is 5. The van der Waals surface area contributed by atoms with E-state index in [0.29, 0.717) is 11.7 Å². The molecule has 2 heterocycles. The van der Waals surface area contributed by atoms with Gasteiger partial charge in [0.15, 0.2) is 5.82 Å². The van der Waals surface area contributed by atoms with Gasteiger partial charge in [-0.3, -0.25) is 4.90 Å². The highest BCUT2D eigenvalue weighted by Gasteiger charge is 2.28. The van der Waals surface area contributed by atoms with Crippen LogP contribution in [-0.2, 0) is 6.54 Å². The highest BCUT2D eigenvalue weighted by atomic mass is 16.5. The SMILES string of the molecule is COc1ccc(CN2CCC(c3nc(C)no3)C2)c(OC)c1. The summed E-state index contributed by atoms with van der Waals surface area (Å²) in [6.45, 7) is 4.64. The quantitative estimate of drug-likeness (QED) is 0.845. The Morgan fingerprint density at radius 1 is 1.32 bits per heavy atom. The Kier molecular flexibility index (Phi) is 4.29. The second kappa shape index (κ2) is 6.36. The summed E-state index contributed by atoms with van der Waals surface area (Å²) in [4.78, 5) is 6.73. The van der Waals surface area contributed by atoms with Gasteiger partial charge in [-0.05, 0) is 26.0 Å². The molecule has 1 aromatic heterocycles. The van der Waals surface area contributed by atoms with E-state index in [1.807, 2.05) is 19.1 Å². The summed E-state index contributed by atoms with van der Waals surface area (Å²) < 4.78 is 16.0. The van der Waals surface area contributed by atoms with Gasteiger partial charge in [-0.25, -0.2) is 0 Å². The number of ether oxygens (including phenoxy) is 2. The summed E-state index contributed by atoms with van der Waals surface area (Å²) in [7, 11) is 3.35. The smallest absolute Gasteiger partial charge is 0.231 e. The van der Waals surface area contributed by atoms with Crippen molar-refractivity contribution in [1.82, 2.24) is 15.0 Å². The van der Waals surface area contributed by atoms with Crippen LogP contribution < -0.4 is 9.47 Å². The molecule has 1 fully saturated rings. The Bertz CT molecular complexity index is 641. The second-order valence-electron chi connectivity index (χ2n) is 5.58. The Balaban J connectivity index is 1.67. The lowest BCUT2D eigenvalue weighted by molar-refractivity contribution is 0.302. The van der Waals surface area contributed by atoms with Crippen molar-refractivity contribution in [3.8, 4) is 11.5 Å². The zero-order chi connectivity index (χ0) is 15.5. The zero-order valence-electron chi connectivity index (χ0n) is 13.2. The van der Waals surface area contributed by atoms with Crippen molar-refractivity contribution >= 4 is 0 Å². The van der Waals surface area contributed by atoms with E-state index in [1.165, 1.54) is 0 Å². The van der Waals surface area contributed by atoms with Crippen molar-refractivity contribution in [3.05, 3.63) is 35.5 Å². The highest BCUT2D eigenvalue weighted by Crippen LogP contribution is 2.30. The van der Waals surface area contributed by atoms with Crippen LogP contribution in [0.5, 0.6) is 11.5 Å². The Labute approximate surface area is 130 Å². The van der Waals surface area contributed by atoms with Crippen molar-refractivity contribution in [2.75, 3.05) is 27.3 Å². The molecule has 6 nitrogen and oxygen atoms in total. The van der Waals surface area contributed by atoms with Crippen LogP contribution in [0.25, 0.3) is 0 Å². The van der Waals surface area contributed by atoms with E-state index < -0.39 is 0 Å². The zero-order valence-corrected chi connectivity index (χ0v) is 13.2. The number of likely N-dealkylation sites (tertiary alicyclic amines) is 1. The molecule has 1 aliphatic heterocycles. The number of nitrogens with zero attached hydrogens (tertiary/aromatic N) is 3. The van der Waals surface area contributed by atoms with Crippen LogP contribution in [0.4, 0.5) is 0 Å². The molecule has 1 aliphatic rings. The number of methoxy groups -OCH3 is 2. The minimum absolute atomic E-state index is 0.324. The molecule has 118 valence electrons. The van der Waals surface area contributed by atoms with Crippen LogP contribution in [0.2, 0.25) is 0 Å². The molecular weight excluding hydrogens is 282 g/mol. The average Bonchev–Trinajstić information content (AvgIpc) is 3.16. The fourth-order valence-electron chi connectivity index (χ4n) is 2.88. The number of aromatic nitrogens is 2. The number of benzene rings is 1. The third-order valence-electron chi connectivity index (χ3n) is 4.05. The molecule has 3 rings (SSSR count). The van der Waals surface area contributed by atoms with Crippen LogP contribution in [0.3, 0.4) is 0 Å². The van der Waals surface area contributed by atoms with Gasteiger partial charge < -0.3 is 14.0 Å². The summed E-state index contributed by atoms with van der Waals surface area (Å²) >= 11 is 0. The van der Waals surface area contributed by atoms with Gasteiger partial charge in [0.2, 0.25) is 5.89 Å². The molecule has 0 radical (unpaired) electrons. The predicted octanol–water partition coefficient (Wildman–Crippen LogP) is 2.38.